The Bertz CT molecular complexity index is 945. The number of anilines is 1. The number of hydrogen-bond donors (Lipinski definition) is 1. The number of nitrogens with one attached hydrogen (secondary N) is 1. The smallest absolute Gasteiger partial charge is 0.320 e. The summed E-state index contributed by atoms with van der Waals surface area (Å²) in [5.74, 6) is -2.58. The first kappa shape index (κ1) is 26.3. The molecule has 1 N–H and O–H groups in total. The zero-order valence-electron chi connectivity index (χ0n) is 19.7. The molecule has 2 aromatic rings. The standard InChI is InChI=1S/C23H31F2N3O5S/c1-23(2,3)33-19(29)14-26-6-9-30-12-13-32-21-16(4-5-17(24)20(21)25)18-15-34-22(27-18)28-7-10-31-11-8-28/h4-5,15,26H,6-14H2,1-3H3. The van der Waals surface area contributed by atoms with Crippen LogP contribution in [0.5, 0.6) is 5.75 Å². The van der Waals surface area contributed by atoms with Gasteiger partial charge >= 0.3 is 5.97 Å². The fourth-order valence-electron chi connectivity index (χ4n) is 3.18. The SMILES string of the molecule is CC(C)(C)OC(=O)CNCCOCCOc1c(-c2csc(N3CCOCC3)n2)ccc(F)c1F. The summed E-state index contributed by atoms with van der Waals surface area (Å²) in [6, 6.07) is 2.53. The molecule has 1 saturated heterocycles. The highest BCUT2D eigenvalue weighted by Crippen LogP contribution is 2.36. The van der Waals surface area contributed by atoms with Gasteiger partial charge in [0.25, 0.3) is 0 Å². The first-order chi connectivity index (χ1) is 16.2. The van der Waals surface area contributed by atoms with Crippen LogP contribution in [0.25, 0.3) is 11.3 Å². The van der Waals surface area contributed by atoms with Gasteiger partial charge in [-0.3, -0.25) is 4.79 Å². The van der Waals surface area contributed by atoms with E-state index < -0.39 is 17.2 Å². The molecule has 188 valence electrons. The van der Waals surface area contributed by atoms with Gasteiger partial charge in [-0.2, -0.15) is 4.39 Å². The molecule has 0 spiro atoms. The number of rotatable bonds is 11. The zero-order valence-corrected chi connectivity index (χ0v) is 20.5. The van der Waals surface area contributed by atoms with Crippen LogP contribution in [-0.4, -0.2) is 75.8 Å². The van der Waals surface area contributed by atoms with Crippen molar-refractivity contribution >= 4 is 22.4 Å². The summed E-state index contributed by atoms with van der Waals surface area (Å²) in [4.78, 5) is 18.3. The molecule has 1 aliphatic rings. The number of carbonyl (C=O) groups excluding carboxylic acids is 1. The van der Waals surface area contributed by atoms with E-state index in [1.54, 1.807) is 26.2 Å². The molecule has 8 nitrogen and oxygen atoms in total. The van der Waals surface area contributed by atoms with Gasteiger partial charge in [-0.25, -0.2) is 9.37 Å². The van der Waals surface area contributed by atoms with Crippen LogP contribution >= 0.6 is 11.3 Å². The van der Waals surface area contributed by atoms with E-state index in [4.69, 9.17) is 18.9 Å². The molecular weight excluding hydrogens is 468 g/mol. The summed E-state index contributed by atoms with van der Waals surface area (Å²) >= 11 is 1.44. The van der Waals surface area contributed by atoms with Crippen LogP contribution in [0.4, 0.5) is 13.9 Å². The van der Waals surface area contributed by atoms with Gasteiger partial charge in [-0.1, -0.05) is 0 Å². The largest absolute Gasteiger partial charge is 0.487 e. The molecule has 0 aliphatic carbocycles. The molecule has 1 aromatic heterocycles. The molecule has 0 amide bonds. The molecule has 34 heavy (non-hydrogen) atoms. The molecular formula is C23H31F2N3O5S. The Labute approximate surface area is 202 Å². The highest BCUT2D eigenvalue weighted by atomic mass is 32.1. The second kappa shape index (κ2) is 12.4. The van der Waals surface area contributed by atoms with Gasteiger partial charge in [0.15, 0.2) is 16.7 Å². The summed E-state index contributed by atoms with van der Waals surface area (Å²) in [5, 5.41) is 5.53. The van der Waals surface area contributed by atoms with Crippen molar-refractivity contribution in [1.82, 2.24) is 10.3 Å². The monoisotopic (exact) mass is 499 g/mol. The van der Waals surface area contributed by atoms with Crippen LogP contribution in [-0.2, 0) is 19.0 Å². The molecule has 3 rings (SSSR count). The highest BCUT2D eigenvalue weighted by molar-refractivity contribution is 7.14. The van der Waals surface area contributed by atoms with E-state index in [2.05, 4.69) is 15.2 Å². The van der Waals surface area contributed by atoms with E-state index in [-0.39, 0.29) is 31.5 Å². The molecule has 1 fully saturated rings. The van der Waals surface area contributed by atoms with Crippen LogP contribution in [0, 0.1) is 11.6 Å². The average Bonchev–Trinajstić information content (AvgIpc) is 3.28. The highest BCUT2D eigenvalue weighted by Gasteiger charge is 2.21. The van der Waals surface area contributed by atoms with Gasteiger partial charge in [0, 0.05) is 30.6 Å². The number of esters is 1. The summed E-state index contributed by atoms with van der Waals surface area (Å²) in [6.07, 6.45) is 0. The number of benzene rings is 1. The van der Waals surface area contributed by atoms with E-state index >= 15 is 0 Å². The number of morpholine rings is 1. The van der Waals surface area contributed by atoms with Crippen molar-refractivity contribution in [2.24, 2.45) is 0 Å². The maximum Gasteiger partial charge on any atom is 0.320 e. The third-order valence-corrected chi connectivity index (χ3v) is 5.59. The normalized spacial score (nSPS) is 14.3. The zero-order chi connectivity index (χ0) is 24.6. The number of halogens is 2. The number of thiazole rings is 1. The van der Waals surface area contributed by atoms with E-state index in [9.17, 15) is 13.6 Å². The Hall–Kier alpha value is -2.34. The van der Waals surface area contributed by atoms with Crippen LogP contribution < -0.4 is 15.0 Å². The molecule has 11 heteroatoms. The topological polar surface area (TPSA) is 82.2 Å². The number of ether oxygens (including phenoxy) is 4. The maximum absolute atomic E-state index is 14.5. The minimum atomic E-state index is -1.06. The summed E-state index contributed by atoms with van der Waals surface area (Å²) in [6.45, 7) is 9.16. The number of carbonyl (C=O) groups is 1. The number of nitrogens with zero attached hydrogens (tertiary/aromatic N) is 2. The molecule has 0 bridgehead atoms. The third-order valence-electron chi connectivity index (χ3n) is 4.69. The number of hydrogen-bond acceptors (Lipinski definition) is 9. The Morgan fingerprint density at radius 1 is 1.21 bits per heavy atom. The molecule has 0 unspecified atom stereocenters. The second-order valence-corrected chi connectivity index (χ2v) is 9.41. The van der Waals surface area contributed by atoms with Gasteiger partial charge < -0.3 is 29.2 Å². The quantitative estimate of drug-likeness (QED) is 0.373. The van der Waals surface area contributed by atoms with E-state index in [0.717, 1.165) is 24.3 Å². The minimum Gasteiger partial charge on any atom is -0.487 e. The van der Waals surface area contributed by atoms with Crippen molar-refractivity contribution in [2.45, 2.75) is 26.4 Å². The first-order valence-electron chi connectivity index (χ1n) is 11.1. The fraction of sp³-hybridized carbons (Fsp3) is 0.565. The first-order valence-corrected chi connectivity index (χ1v) is 12.0. The summed E-state index contributed by atoms with van der Waals surface area (Å²) in [5.41, 5.74) is 0.376. The van der Waals surface area contributed by atoms with Crippen molar-refractivity contribution < 1.29 is 32.5 Å². The molecule has 1 aromatic carbocycles. The lowest BCUT2D eigenvalue weighted by Crippen LogP contribution is -2.36. The Morgan fingerprint density at radius 3 is 2.71 bits per heavy atom. The van der Waals surface area contributed by atoms with Crippen LogP contribution in [0.15, 0.2) is 17.5 Å². The molecule has 1 aliphatic heterocycles. The van der Waals surface area contributed by atoms with Crippen molar-refractivity contribution in [3.8, 4) is 17.0 Å². The number of aromatic nitrogens is 1. The van der Waals surface area contributed by atoms with E-state index in [1.165, 1.54) is 17.4 Å². The second-order valence-electron chi connectivity index (χ2n) is 8.58. The van der Waals surface area contributed by atoms with Gasteiger partial charge in [-0.05, 0) is 32.9 Å². The summed E-state index contributed by atoms with van der Waals surface area (Å²) in [7, 11) is 0. The predicted octanol–water partition coefficient (Wildman–Crippen LogP) is 3.25. The van der Waals surface area contributed by atoms with Gasteiger partial charge in [0.1, 0.15) is 12.2 Å². The lowest BCUT2D eigenvalue weighted by Gasteiger charge is -2.26. The molecule has 2 heterocycles. The van der Waals surface area contributed by atoms with Gasteiger partial charge in [0.2, 0.25) is 5.82 Å². The van der Waals surface area contributed by atoms with Crippen molar-refractivity contribution in [3.63, 3.8) is 0 Å². The predicted molar refractivity (Wildman–Crippen MR) is 126 cm³/mol. The van der Waals surface area contributed by atoms with Crippen LogP contribution in [0.1, 0.15) is 20.8 Å². The Balaban J connectivity index is 1.47. The van der Waals surface area contributed by atoms with Crippen LogP contribution in [0.2, 0.25) is 0 Å². The van der Waals surface area contributed by atoms with Crippen molar-refractivity contribution in [1.29, 1.82) is 0 Å². The fourth-order valence-corrected chi connectivity index (χ4v) is 4.06. The maximum atomic E-state index is 14.5. The minimum absolute atomic E-state index is 0.0277. The lowest BCUT2D eigenvalue weighted by molar-refractivity contribution is -0.153. The van der Waals surface area contributed by atoms with Crippen LogP contribution in [0.3, 0.4) is 0 Å². The summed E-state index contributed by atoms with van der Waals surface area (Å²) < 4.78 is 50.0. The molecule has 0 saturated carbocycles. The van der Waals surface area contributed by atoms with E-state index in [0.29, 0.717) is 37.6 Å². The third kappa shape index (κ3) is 7.86. The van der Waals surface area contributed by atoms with Gasteiger partial charge in [0.05, 0.1) is 38.7 Å². The molecule has 0 atom stereocenters. The Kier molecular flexibility index (Phi) is 9.57. The van der Waals surface area contributed by atoms with E-state index in [1.807, 2.05) is 0 Å². The Morgan fingerprint density at radius 2 is 1.97 bits per heavy atom. The molecule has 0 radical (unpaired) electrons. The van der Waals surface area contributed by atoms with Gasteiger partial charge in [-0.15, -0.1) is 11.3 Å². The lowest BCUT2D eigenvalue weighted by atomic mass is 10.1. The average molecular weight is 500 g/mol. The van der Waals surface area contributed by atoms with Crippen molar-refractivity contribution in [3.05, 3.63) is 29.1 Å². The van der Waals surface area contributed by atoms with Crippen molar-refractivity contribution in [2.75, 3.05) is 64.1 Å².